The Kier molecular flexibility index (Phi) is 9.71. The van der Waals surface area contributed by atoms with Crippen molar-refractivity contribution in [3.8, 4) is 5.69 Å². The van der Waals surface area contributed by atoms with Crippen molar-refractivity contribution in [2.45, 2.75) is 65.0 Å². The number of halogens is 1. The van der Waals surface area contributed by atoms with E-state index in [2.05, 4.69) is 68.6 Å². The molecule has 3 aromatic rings. The SMILES string of the molecule is CCNC(=NCCCc1nnc2n1CCCCC2)NC(C)c1cccc(-n2cccn2)c1.I. The molecule has 1 aromatic carbocycles. The second-order valence-corrected chi connectivity index (χ2v) is 8.27. The highest BCUT2D eigenvalue weighted by molar-refractivity contribution is 14.0. The summed E-state index contributed by atoms with van der Waals surface area (Å²) >= 11 is 0. The molecule has 1 atom stereocenters. The molecule has 4 rings (SSSR count). The van der Waals surface area contributed by atoms with Crippen LogP contribution in [-0.2, 0) is 19.4 Å². The van der Waals surface area contributed by atoms with Crippen LogP contribution in [0, 0.1) is 0 Å². The summed E-state index contributed by atoms with van der Waals surface area (Å²) in [6.07, 6.45) is 10.4. The largest absolute Gasteiger partial charge is 0.357 e. The van der Waals surface area contributed by atoms with Crippen molar-refractivity contribution in [1.29, 1.82) is 0 Å². The fourth-order valence-electron chi connectivity index (χ4n) is 4.12. The summed E-state index contributed by atoms with van der Waals surface area (Å²) in [4.78, 5) is 4.80. The lowest BCUT2D eigenvalue weighted by atomic mass is 10.1. The molecule has 0 bridgehead atoms. The number of aromatic nitrogens is 5. The normalized spacial score (nSPS) is 14.7. The number of rotatable bonds is 8. The van der Waals surface area contributed by atoms with Crippen molar-refractivity contribution >= 4 is 29.9 Å². The van der Waals surface area contributed by atoms with Gasteiger partial charge in [-0.1, -0.05) is 18.6 Å². The van der Waals surface area contributed by atoms with Crippen molar-refractivity contribution < 1.29 is 0 Å². The van der Waals surface area contributed by atoms with Crippen molar-refractivity contribution in [2.24, 2.45) is 4.99 Å². The molecule has 0 amide bonds. The molecule has 178 valence electrons. The predicted octanol–water partition coefficient (Wildman–Crippen LogP) is 4.06. The van der Waals surface area contributed by atoms with E-state index in [1.165, 1.54) is 24.8 Å². The molecule has 0 radical (unpaired) electrons. The van der Waals surface area contributed by atoms with Gasteiger partial charge in [0, 0.05) is 44.9 Å². The lowest BCUT2D eigenvalue weighted by molar-refractivity contribution is 0.597. The Bertz CT molecular complexity index is 1010. The maximum absolute atomic E-state index is 4.80. The van der Waals surface area contributed by atoms with E-state index < -0.39 is 0 Å². The van der Waals surface area contributed by atoms with Gasteiger partial charge >= 0.3 is 0 Å². The van der Waals surface area contributed by atoms with Gasteiger partial charge in [-0.3, -0.25) is 4.99 Å². The molecule has 0 aliphatic carbocycles. The maximum atomic E-state index is 4.80. The summed E-state index contributed by atoms with van der Waals surface area (Å²) in [5.74, 6) is 3.10. The van der Waals surface area contributed by atoms with Crippen molar-refractivity contribution in [2.75, 3.05) is 13.1 Å². The van der Waals surface area contributed by atoms with Crippen LogP contribution in [0.2, 0.25) is 0 Å². The average molecular weight is 563 g/mol. The minimum Gasteiger partial charge on any atom is -0.357 e. The smallest absolute Gasteiger partial charge is 0.191 e. The van der Waals surface area contributed by atoms with Crippen molar-refractivity contribution in [1.82, 2.24) is 35.2 Å². The molecule has 9 heteroatoms. The van der Waals surface area contributed by atoms with Crippen LogP contribution in [0.1, 0.15) is 62.8 Å². The Hall–Kier alpha value is -2.43. The second kappa shape index (κ2) is 12.7. The molecule has 3 heterocycles. The van der Waals surface area contributed by atoms with Gasteiger partial charge in [-0.25, -0.2) is 4.68 Å². The third-order valence-electron chi connectivity index (χ3n) is 5.85. The molecule has 0 fully saturated rings. The Balaban J connectivity index is 0.00000306. The zero-order valence-electron chi connectivity index (χ0n) is 19.6. The topological polar surface area (TPSA) is 85.0 Å². The Morgan fingerprint density at radius 2 is 2.09 bits per heavy atom. The first-order chi connectivity index (χ1) is 15.7. The number of hydrogen-bond acceptors (Lipinski definition) is 4. The zero-order valence-corrected chi connectivity index (χ0v) is 21.9. The van der Waals surface area contributed by atoms with Gasteiger partial charge in [0.1, 0.15) is 11.6 Å². The van der Waals surface area contributed by atoms with E-state index in [-0.39, 0.29) is 30.0 Å². The molecular formula is C24H35IN8. The highest BCUT2D eigenvalue weighted by atomic mass is 127. The monoisotopic (exact) mass is 562 g/mol. The van der Waals surface area contributed by atoms with Gasteiger partial charge in [-0.15, -0.1) is 34.2 Å². The summed E-state index contributed by atoms with van der Waals surface area (Å²) in [6, 6.07) is 10.5. The van der Waals surface area contributed by atoms with Gasteiger partial charge in [0.2, 0.25) is 0 Å². The molecule has 33 heavy (non-hydrogen) atoms. The third-order valence-corrected chi connectivity index (χ3v) is 5.85. The van der Waals surface area contributed by atoms with Crippen LogP contribution in [-0.4, -0.2) is 43.6 Å². The minimum atomic E-state index is 0. The number of aliphatic imine (C=N–C) groups is 1. The standard InChI is InChI=1S/C24H34N8.HI/c1-3-25-24(26-14-8-13-23-30-29-22-12-5-4-6-16-31(22)23)28-19(2)20-10-7-11-21(18-20)32-17-9-15-27-32;/h7,9-11,15,17-19H,3-6,8,12-14,16H2,1-2H3,(H2,25,26,28);1H. The van der Waals surface area contributed by atoms with E-state index >= 15 is 0 Å². The highest BCUT2D eigenvalue weighted by Gasteiger charge is 2.14. The van der Waals surface area contributed by atoms with Crippen LogP contribution in [0.3, 0.4) is 0 Å². The van der Waals surface area contributed by atoms with Gasteiger partial charge in [-0.05, 0) is 56.9 Å². The Morgan fingerprint density at radius 1 is 1.18 bits per heavy atom. The Labute approximate surface area is 213 Å². The van der Waals surface area contributed by atoms with Gasteiger partial charge in [-0.2, -0.15) is 5.10 Å². The molecule has 1 aliphatic rings. The summed E-state index contributed by atoms with van der Waals surface area (Å²) in [6.45, 7) is 6.87. The summed E-state index contributed by atoms with van der Waals surface area (Å²) in [7, 11) is 0. The lowest BCUT2D eigenvalue weighted by Crippen LogP contribution is -2.38. The van der Waals surface area contributed by atoms with Gasteiger partial charge in [0.15, 0.2) is 5.96 Å². The molecule has 2 aromatic heterocycles. The maximum Gasteiger partial charge on any atom is 0.191 e. The molecule has 1 aliphatic heterocycles. The number of benzene rings is 1. The molecule has 8 nitrogen and oxygen atoms in total. The number of fused-ring (bicyclic) bond motifs is 1. The van der Waals surface area contributed by atoms with Crippen LogP contribution >= 0.6 is 24.0 Å². The van der Waals surface area contributed by atoms with E-state index in [1.807, 2.05) is 16.9 Å². The minimum absolute atomic E-state index is 0. The van der Waals surface area contributed by atoms with Crippen LogP contribution < -0.4 is 10.6 Å². The molecular weight excluding hydrogens is 527 g/mol. The molecule has 0 saturated heterocycles. The number of nitrogens with zero attached hydrogens (tertiary/aromatic N) is 6. The third kappa shape index (κ3) is 6.78. The van der Waals surface area contributed by atoms with Crippen LogP contribution in [0.4, 0.5) is 0 Å². The van der Waals surface area contributed by atoms with E-state index in [4.69, 9.17) is 4.99 Å². The van der Waals surface area contributed by atoms with Crippen LogP contribution in [0.15, 0.2) is 47.7 Å². The molecule has 2 N–H and O–H groups in total. The van der Waals surface area contributed by atoms with Gasteiger partial charge < -0.3 is 15.2 Å². The first-order valence-corrected chi connectivity index (χ1v) is 11.8. The summed E-state index contributed by atoms with van der Waals surface area (Å²) in [5.41, 5.74) is 2.24. The van der Waals surface area contributed by atoms with E-state index in [9.17, 15) is 0 Å². The number of nitrogens with one attached hydrogen (secondary N) is 2. The quantitative estimate of drug-likeness (QED) is 0.187. The van der Waals surface area contributed by atoms with E-state index in [1.54, 1.807) is 6.20 Å². The number of aryl methyl sites for hydroxylation is 2. The first kappa shape index (κ1) is 25.2. The van der Waals surface area contributed by atoms with Gasteiger partial charge in [0.05, 0.1) is 11.7 Å². The van der Waals surface area contributed by atoms with Crippen LogP contribution in [0.25, 0.3) is 5.69 Å². The Morgan fingerprint density at radius 3 is 2.91 bits per heavy atom. The zero-order chi connectivity index (χ0) is 22.2. The summed E-state index contributed by atoms with van der Waals surface area (Å²) < 4.78 is 4.20. The predicted molar refractivity (Wildman–Crippen MR) is 142 cm³/mol. The first-order valence-electron chi connectivity index (χ1n) is 11.8. The van der Waals surface area contributed by atoms with E-state index in [0.717, 1.165) is 62.2 Å². The average Bonchev–Trinajstić information content (AvgIpc) is 3.42. The van der Waals surface area contributed by atoms with Gasteiger partial charge in [0.25, 0.3) is 0 Å². The van der Waals surface area contributed by atoms with Crippen molar-refractivity contribution in [3.63, 3.8) is 0 Å². The van der Waals surface area contributed by atoms with Crippen molar-refractivity contribution in [3.05, 3.63) is 59.9 Å². The molecule has 1 unspecified atom stereocenters. The highest BCUT2D eigenvalue weighted by Crippen LogP contribution is 2.17. The lowest BCUT2D eigenvalue weighted by Gasteiger charge is -2.19. The molecule has 0 spiro atoms. The fourth-order valence-corrected chi connectivity index (χ4v) is 4.12. The number of guanidine groups is 1. The molecule has 0 saturated carbocycles. The van der Waals surface area contributed by atoms with E-state index in [0.29, 0.717) is 0 Å². The second-order valence-electron chi connectivity index (χ2n) is 8.27. The summed E-state index contributed by atoms with van der Waals surface area (Å²) in [5, 5.41) is 20.1. The fraction of sp³-hybridized carbons (Fsp3) is 0.500. The van der Waals surface area contributed by atoms with Crippen LogP contribution in [0.5, 0.6) is 0 Å². The number of hydrogen-bond donors (Lipinski definition) is 2.